The van der Waals surface area contributed by atoms with Crippen molar-refractivity contribution in [3.05, 3.63) is 54.1 Å². The van der Waals surface area contributed by atoms with Crippen LogP contribution in [0.2, 0.25) is 0 Å². The van der Waals surface area contributed by atoms with Crippen molar-refractivity contribution >= 4 is 17.7 Å². The highest BCUT2D eigenvalue weighted by Gasteiger charge is 2.21. The highest BCUT2D eigenvalue weighted by molar-refractivity contribution is 8.00. The van der Waals surface area contributed by atoms with Crippen LogP contribution in [0.1, 0.15) is 5.56 Å². The SMILES string of the molecule is COc1ccc(OC)c(C[C@@H](Sc2ccccc2)C(=O)O)c1. The molecular weight excluding hydrogens is 300 g/mol. The van der Waals surface area contributed by atoms with E-state index in [1.807, 2.05) is 36.4 Å². The van der Waals surface area contributed by atoms with Gasteiger partial charge in [-0.25, -0.2) is 0 Å². The van der Waals surface area contributed by atoms with Crippen LogP contribution >= 0.6 is 11.8 Å². The maximum Gasteiger partial charge on any atom is 0.317 e. The summed E-state index contributed by atoms with van der Waals surface area (Å²) in [5.41, 5.74) is 0.817. The normalized spacial score (nSPS) is 11.7. The Hall–Kier alpha value is -2.14. The minimum Gasteiger partial charge on any atom is -0.497 e. The van der Waals surface area contributed by atoms with E-state index in [0.717, 1.165) is 10.5 Å². The Morgan fingerprint density at radius 1 is 1.14 bits per heavy atom. The molecule has 0 saturated carbocycles. The molecule has 0 aliphatic carbocycles. The third-order valence-corrected chi connectivity index (χ3v) is 4.39. The molecule has 0 spiro atoms. The van der Waals surface area contributed by atoms with Gasteiger partial charge in [0.15, 0.2) is 0 Å². The summed E-state index contributed by atoms with van der Waals surface area (Å²) in [7, 11) is 3.16. The van der Waals surface area contributed by atoms with Gasteiger partial charge in [-0.2, -0.15) is 0 Å². The zero-order valence-electron chi connectivity index (χ0n) is 12.5. The number of benzene rings is 2. The fraction of sp³-hybridized carbons (Fsp3) is 0.235. The first kappa shape index (κ1) is 16.2. The number of hydrogen-bond donors (Lipinski definition) is 1. The molecule has 0 amide bonds. The molecule has 22 heavy (non-hydrogen) atoms. The Labute approximate surface area is 134 Å². The number of carbonyl (C=O) groups is 1. The van der Waals surface area contributed by atoms with E-state index >= 15 is 0 Å². The lowest BCUT2D eigenvalue weighted by atomic mass is 10.1. The summed E-state index contributed by atoms with van der Waals surface area (Å²) in [5, 5.41) is 8.90. The molecule has 1 N–H and O–H groups in total. The standard InChI is InChI=1S/C17H18O4S/c1-20-13-8-9-15(21-2)12(10-13)11-16(17(18)19)22-14-6-4-3-5-7-14/h3-10,16H,11H2,1-2H3,(H,18,19)/t16-/m1/s1. The molecule has 1 atom stereocenters. The third-order valence-electron chi connectivity index (χ3n) is 3.19. The van der Waals surface area contributed by atoms with Crippen LogP contribution in [0.3, 0.4) is 0 Å². The first-order valence-corrected chi connectivity index (χ1v) is 7.67. The summed E-state index contributed by atoms with van der Waals surface area (Å²) < 4.78 is 10.5. The number of methoxy groups -OCH3 is 2. The van der Waals surface area contributed by atoms with Crippen LogP contribution in [0.4, 0.5) is 0 Å². The molecule has 0 bridgehead atoms. The van der Waals surface area contributed by atoms with Gasteiger partial charge in [0.2, 0.25) is 0 Å². The van der Waals surface area contributed by atoms with Crippen molar-refractivity contribution in [1.82, 2.24) is 0 Å². The van der Waals surface area contributed by atoms with Gasteiger partial charge in [-0.05, 0) is 42.3 Å². The highest BCUT2D eigenvalue weighted by atomic mass is 32.2. The first-order valence-electron chi connectivity index (χ1n) is 6.79. The van der Waals surface area contributed by atoms with Crippen molar-refractivity contribution in [2.45, 2.75) is 16.6 Å². The van der Waals surface area contributed by atoms with Crippen molar-refractivity contribution in [2.75, 3.05) is 14.2 Å². The largest absolute Gasteiger partial charge is 0.497 e. The van der Waals surface area contributed by atoms with Crippen LogP contribution in [-0.2, 0) is 11.2 Å². The van der Waals surface area contributed by atoms with Gasteiger partial charge >= 0.3 is 5.97 Å². The molecule has 2 aromatic carbocycles. The smallest absolute Gasteiger partial charge is 0.317 e. The molecule has 0 aromatic heterocycles. The Kier molecular flexibility index (Phi) is 5.72. The summed E-state index contributed by atoms with van der Waals surface area (Å²) >= 11 is 1.33. The molecule has 0 aliphatic heterocycles. The Morgan fingerprint density at radius 3 is 2.45 bits per heavy atom. The molecule has 116 valence electrons. The number of carboxylic acid groups (broad SMARTS) is 1. The summed E-state index contributed by atoms with van der Waals surface area (Å²) in [5.74, 6) is 0.504. The van der Waals surface area contributed by atoms with E-state index in [1.165, 1.54) is 11.8 Å². The Bertz CT molecular complexity index is 628. The van der Waals surface area contributed by atoms with Crippen LogP contribution in [0.15, 0.2) is 53.4 Å². The van der Waals surface area contributed by atoms with Crippen molar-refractivity contribution in [2.24, 2.45) is 0 Å². The van der Waals surface area contributed by atoms with Gasteiger partial charge in [0, 0.05) is 4.90 Å². The molecular formula is C17H18O4S. The van der Waals surface area contributed by atoms with E-state index in [-0.39, 0.29) is 0 Å². The second-order valence-corrected chi connectivity index (χ2v) is 5.92. The van der Waals surface area contributed by atoms with E-state index < -0.39 is 11.2 Å². The van der Waals surface area contributed by atoms with Crippen LogP contribution in [-0.4, -0.2) is 30.5 Å². The van der Waals surface area contributed by atoms with Gasteiger partial charge in [-0.1, -0.05) is 18.2 Å². The van der Waals surface area contributed by atoms with Crippen molar-refractivity contribution in [3.8, 4) is 11.5 Å². The monoisotopic (exact) mass is 318 g/mol. The fourth-order valence-electron chi connectivity index (χ4n) is 2.08. The number of ether oxygens (including phenoxy) is 2. The average Bonchev–Trinajstić information content (AvgIpc) is 2.55. The Balaban J connectivity index is 2.22. The molecule has 2 aromatic rings. The molecule has 0 aliphatic rings. The van der Waals surface area contributed by atoms with Gasteiger partial charge in [0.1, 0.15) is 16.7 Å². The fourth-order valence-corrected chi connectivity index (χ4v) is 3.09. The van der Waals surface area contributed by atoms with Crippen molar-refractivity contribution in [3.63, 3.8) is 0 Å². The second kappa shape index (κ2) is 7.75. The lowest BCUT2D eigenvalue weighted by Gasteiger charge is -2.15. The van der Waals surface area contributed by atoms with E-state index in [4.69, 9.17) is 9.47 Å². The summed E-state index contributed by atoms with van der Waals surface area (Å²) in [4.78, 5) is 12.5. The van der Waals surface area contributed by atoms with Crippen LogP contribution < -0.4 is 9.47 Å². The molecule has 4 nitrogen and oxygen atoms in total. The highest BCUT2D eigenvalue weighted by Crippen LogP contribution is 2.31. The lowest BCUT2D eigenvalue weighted by molar-refractivity contribution is -0.136. The van der Waals surface area contributed by atoms with Gasteiger partial charge in [-0.3, -0.25) is 4.79 Å². The number of thioether (sulfide) groups is 1. The van der Waals surface area contributed by atoms with Crippen LogP contribution in [0, 0.1) is 0 Å². The summed E-state index contributed by atoms with van der Waals surface area (Å²) in [6.07, 6.45) is 0.356. The third kappa shape index (κ3) is 4.18. The number of rotatable bonds is 7. The Morgan fingerprint density at radius 2 is 1.86 bits per heavy atom. The van der Waals surface area contributed by atoms with E-state index in [2.05, 4.69) is 0 Å². The zero-order chi connectivity index (χ0) is 15.9. The lowest BCUT2D eigenvalue weighted by Crippen LogP contribution is -2.19. The summed E-state index contributed by atoms with van der Waals surface area (Å²) in [6, 6.07) is 14.9. The van der Waals surface area contributed by atoms with Crippen molar-refractivity contribution < 1.29 is 19.4 Å². The van der Waals surface area contributed by atoms with Crippen molar-refractivity contribution in [1.29, 1.82) is 0 Å². The molecule has 0 fully saturated rings. The average molecular weight is 318 g/mol. The zero-order valence-corrected chi connectivity index (χ0v) is 13.3. The van der Waals surface area contributed by atoms with Gasteiger partial charge < -0.3 is 14.6 Å². The first-order chi connectivity index (χ1) is 10.6. The minimum atomic E-state index is -0.848. The second-order valence-electron chi connectivity index (χ2n) is 4.64. The molecule has 0 radical (unpaired) electrons. The van der Waals surface area contributed by atoms with Crippen LogP contribution in [0.25, 0.3) is 0 Å². The molecule has 5 heteroatoms. The molecule has 0 unspecified atom stereocenters. The van der Waals surface area contributed by atoms with E-state index in [9.17, 15) is 9.90 Å². The van der Waals surface area contributed by atoms with E-state index in [1.54, 1.807) is 26.4 Å². The summed E-state index contributed by atoms with van der Waals surface area (Å²) in [6.45, 7) is 0. The molecule has 2 rings (SSSR count). The number of aliphatic carboxylic acids is 1. The minimum absolute atomic E-state index is 0.356. The van der Waals surface area contributed by atoms with Gasteiger partial charge in [-0.15, -0.1) is 11.8 Å². The van der Waals surface area contributed by atoms with Crippen LogP contribution in [0.5, 0.6) is 11.5 Å². The maximum absolute atomic E-state index is 11.6. The van der Waals surface area contributed by atoms with E-state index in [0.29, 0.717) is 17.9 Å². The predicted molar refractivity (Wildman–Crippen MR) is 87.0 cm³/mol. The van der Waals surface area contributed by atoms with Gasteiger partial charge in [0.05, 0.1) is 14.2 Å². The quantitative estimate of drug-likeness (QED) is 0.792. The topological polar surface area (TPSA) is 55.8 Å². The molecule has 0 saturated heterocycles. The number of carboxylic acids is 1. The molecule has 0 heterocycles. The van der Waals surface area contributed by atoms with Gasteiger partial charge in [0.25, 0.3) is 0 Å². The predicted octanol–water partition coefficient (Wildman–Crippen LogP) is 3.49. The maximum atomic E-state index is 11.6. The number of hydrogen-bond acceptors (Lipinski definition) is 4.